The summed E-state index contributed by atoms with van der Waals surface area (Å²) >= 11 is 0. The van der Waals surface area contributed by atoms with Crippen LogP contribution in [0.1, 0.15) is 32.6 Å². The molecule has 0 spiro atoms. The standard InChI is InChI=1S/C12H24N2O2S/c1-2-3-6-13-11-9-17(15,16)10-12(11)14-7-4-5-8-14/h11-13H,2-10H2,1H3/t11-,12+/m1/s1. The molecule has 0 radical (unpaired) electrons. The van der Waals surface area contributed by atoms with Crippen LogP contribution in [0, 0.1) is 0 Å². The summed E-state index contributed by atoms with van der Waals surface area (Å²) in [5, 5.41) is 3.44. The average Bonchev–Trinajstić information content (AvgIpc) is 2.86. The van der Waals surface area contributed by atoms with E-state index in [-0.39, 0.29) is 12.1 Å². The lowest BCUT2D eigenvalue weighted by Gasteiger charge is -2.28. The molecule has 2 rings (SSSR count). The van der Waals surface area contributed by atoms with Crippen molar-refractivity contribution in [2.24, 2.45) is 0 Å². The fourth-order valence-electron chi connectivity index (χ4n) is 2.92. The Morgan fingerprint density at radius 2 is 1.94 bits per heavy atom. The minimum absolute atomic E-state index is 0.157. The molecule has 2 saturated heterocycles. The third kappa shape index (κ3) is 3.42. The maximum atomic E-state index is 11.8. The topological polar surface area (TPSA) is 49.4 Å². The van der Waals surface area contributed by atoms with Gasteiger partial charge in [-0.2, -0.15) is 0 Å². The van der Waals surface area contributed by atoms with E-state index >= 15 is 0 Å². The van der Waals surface area contributed by atoms with Gasteiger partial charge in [0, 0.05) is 12.1 Å². The second-order valence-corrected chi connectivity index (χ2v) is 7.46. The summed E-state index contributed by atoms with van der Waals surface area (Å²) in [6.07, 6.45) is 4.72. The third-order valence-corrected chi connectivity index (χ3v) is 5.59. The van der Waals surface area contributed by atoms with Crippen LogP contribution in [0.2, 0.25) is 0 Å². The number of nitrogens with zero attached hydrogens (tertiary/aromatic N) is 1. The van der Waals surface area contributed by atoms with Gasteiger partial charge in [0.1, 0.15) is 0 Å². The minimum atomic E-state index is -2.82. The maximum Gasteiger partial charge on any atom is 0.153 e. The van der Waals surface area contributed by atoms with Crippen molar-refractivity contribution in [1.82, 2.24) is 10.2 Å². The molecule has 0 bridgehead atoms. The van der Waals surface area contributed by atoms with Gasteiger partial charge >= 0.3 is 0 Å². The van der Waals surface area contributed by atoms with E-state index in [0.29, 0.717) is 11.5 Å². The highest BCUT2D eigenvalue weighted by Gasteiger charge is 2.41. The van der Waals surface area contributed by atoms with Crippen molar-refractivity contribution in [3.05, 3.63) is 0 Å². The van der Waals surface area contributed by atoms with Gasteiger partial charge in [-0.1, -0.05) is 13.3 Å². The van der Waals surface area contributed by atoms with Crippen LogP contribution in [0.4, 0.5) is 0 Å². The van der Waals surface area contributed by atoms with Crippen LogP contribution < -0.4 is 5.32 Å². The second kappa shape index (κ2) is 5.67. The van der Waals surface area contributed by atoms with Crippen molar-refractivity contribution in [1.29, 1.82) is 0 Å². The summed E-state index contributed by atoms with van der Waals surface area (Å²) in [4.78, 5) is 2.37. The molecule has 0 aromatic heterocycles. The van der Waals surface area contributed by atoms with Gasteiger partial charge in [0.05, 0.1) is 11.5 Å². The zero-order valence-electron chi connectivity index (χ0n) is 10.7. The van der Waals surface area contributed by atoms with E-state index < -0.39 is 9.84 Å². The van der Waals surface area contributed by atoms with Crippen molar-refractivity contribution < 1.29 is 8.42 Å². The summed E-state index contributed by atoms with van der Waals surface area (Å²) in [6.45, 7) is 5.25. The SMILES string of the molecule is CCCCN[C@@H]1CS(=O)(=O)C[C@@H]1N1CCCC1. The molecular formula is C12H24N2O2S. The minimum Gasteiger partial charge on any atom is -0.311 e. The first-order valence-corrected chi connectivity index (χ1v) is 8.62. The summed E-state index contributed by atoms with van der Waals surface area (Å²) in [5.74, 6) is 0.689. The van der Waals surface area contributed by atoms with Gasteiger partial charge in [-0.3, -0.25) is 4.90 Å². The van der Waals surface area contributed by atoms with E-state index in [1.165, 1.54) is 12.8 Å². The molecule has 1 N–H and O–H groups in total. The molecule has 2 aliphatic rings. The van der Waals surface area contributed by atoms with Crippen LogP contribution in [-0.2, 0) is 9.84 Å². The van der Waals surface area contributed by atoms with Crippen LogP contribution in [0.15, 0.2) is 0 Å². The van der Waals surface area contributed by atoms with Gasteiger partial charge in [0.2, 0.25) is 0 Å². The highest BCUT2D eigenvalue weighted by atomic mass is 32.2. The number of rotatable bonds is 5. The maximum absolute atomic E-state index is 11.8. The molecule has 4 nitrogen and oxygen atoms in total. The predicted octanol–water partition coefficient (Wildman–Crippen LogP) is 0.638. The quantitative estimate of drug-likeness (QED) is 0.737. The summed E-state index contributed by atoms with van der Waals surface area (Å²) in [5.41, 5.74) is 0. The third-order valence-electron chi connectivity index (χ3n) is 3.87. The van der Waals surface area contributed by atoms with E-state index in [9.17, 15) is 8.42 Å². The molecule has 5 heteroatoms. The van der Waals surface area contributed by atoms with E-state index in [1.807, 2.05) is 0 Å². The zero-order chi connectivity index (χ0) is 12.3. The predicted molar refractivity (Wildman–Crippen MR) is 69.9 cm³/mol. The highest BCUT2D eigenvalue weighted by Crippen LogP contribution is 2.22. The first-order valence-electron chi connectivity index (χ1n) is 6.80. The van der Waals surface area contributed by atoms with E-state index in [1.54, 1.807) is 0 Å². The first kappa shape index (κ1) is 13.3. The fourth-order valence-corrected chi connectivity index (χ4v) is 4.91. The average molecular weight is 260 g/mol. The lowest BCUT2D eigenvalue weighted by Crippen LogP contribution is -2.48. The second-order valence-electron chi connectivity index (χ2n) is 5.30. The Balaban J connectivity index is 1.95. The Morgan fingerprint density at radius 3 is 2.59 bits per heavy atom. The van der Waals surface area contributed by atoms with Crippen LogP contribution in [0.3, 0.4) is 0 Å². The summed E-state index contributed by atoms with van der Waals surface area (Å²) < 4.78 is 23.5. The van der Waals surface area contributed by atoms with Gasteiger partial charge in [-0.15, -0.1) is 0 Å². The molecule has 0 aromatic rings. The molecule has 2 heterocycles. The van der Waals surface area contributed by atoms with Crippen LogP contribution in [0.25, 0.3) is 0 Å². The molecule has 0 saturated carbocycles. The normalized spacial score (nSPS) is 33.2. The molecule has 100 valence electrons. The Labute approximate surface area is 105 Å². The van der Waals surface area contributed by atoms with Crippen LogP contribution in [-0.4, -0.2) is 56.5 Å². The zero-order valence-corrected chi connectivity index (χ0v) is 11.5. The van der Waals surface area contributed by atoms with E-state index in [0.717, 1.165) is 32.5 Å². The summed E-state index contributed by atoms with van der Waals surface area (Å²) in [7, 11) is -2.82. The Kier molecular flexibility index (Phi) is 4.44. The van der Waals surface area contributed by atoms with Crippen molar-refractivity contribution in [3.8, 4) is 0 Å². The molecule has 0 aliphatic carbocycles. The van der Waals surface area contributed by atoms with Gasteiger partial charge in [0.15, 0.2) is 9.84 Å². The molecule has 2 fully saturated rings. The lowest BCUT2D eigenvalue weighted by molar-refractivity contribution is 0.226. The number of likely N-dealkylation sites (tertiary alicyclic amines) is 1. The van der Waals surface area contributed by atoms with Crippen LogP contribution in [0.5, 0.6) is 0 Å². The molecular weight excluding hydrogens is 236 g/mol. The van der Waals surface area contributed by atoms with E-state index in [4.69, 9.17) is 0 Å². The number of sulfone groups is 1. The van der Waals surface area contributed by atoms with Gasteiger partial charge in [0.25, 0.3) is 0 Å². The lowest BCUT2D eigenvalue weighted by atomic mass is 10.1. The molecule has 2 aliphatic heterocycles. The van der Waals surface area contributed by atoms with Gasteiger partial charge < -0.3 is 5.32 Å². The Hall–Kier alpha value is -0.130. The van der Waals surface area contributed by atoms with Crippen molar-refractivity contribution in [3.63, 3.8) is 0 Å². The van der Waals surface area contributed by atoms with Crippen molar-refractivity contribution in [2.45, 2.75) is 44.7 Å². The summed E-state index contributed by atoms with van der Waals surface area (Å²) in [6, 6.07) is 0.379. The molecule has 2 atom stereocenters. The smallest absolute Gasteiger partial charge is 0.153 e. The number of hydrogen-bond acceptors (Lipinski definition) is 4. The van der Waals surface area contributed by atoms with E-state index in [2.05, 4.69) is 17.1 Å². The first-order chi connectivity index (χ1) is 8.12. The highest BCUT2D eigenvalue weighted by molar-refractivity contribution is 7.91. The molecule has 17 heavy (non-hydrogen) atoms. The monoisotopic (exact) mass is 260 g/mol. The largest absolute Gasteiger partial charge is 0.311 e. The molecule has 0 aromatic carbocycles. The van der Waals surface area contributed by atoms with Crippen LogP contribution >= 0.6 is 0 Å². The number of unbranched alkanes of at least 4 members (excludes halogenated alkanes) is 1. The van der Waals surface area contributed by atoms with Crippen molar-refractivity contribution >= 4 is 9.84 Å². The fraction of sp³-hybridized carbons (Fsp3) is 1.00. The number of hydrogen-bond donors (Lipinski definition) is 1. The Morgan fingerprint density at radius 1 is 1.24 bits per heavy atom. The molecule has 0 unspecified atom stereocenters. The van der Waals surface area contributed by atoms with Gasteiger partial charge in [-0.05, 0) is 38.9 Å². The number of nitrogens with one attached hydrogen (secondary N) is 1. The Bertz CT molecular complexity index is 336. The van der Waals surface area contributed by atoms with Gasteiger partial charge in [-0.25, -0.2) is 8.42 Å². The van der Waals surface area contributed by atoms with Crippen molar-refractivity contribution in [2.75, 3.05) is 31.1 Å². The molecule has 0 amide bonds.